The number of fused-ring (bicyclic) bond motifs is 1. The van der Waals surface area contributed by atoms with Gasteiger partial charge in [-0.1, -0.05) is 36.4 Å². The molecular weight excluding hydrogens is 543 g/mol. The van der Waals surface area contributed by atoms with Crippen molar-refractivity contribution in [3.05, 3.63) is 82.5 Å². The molecule has 40 heavy (non-hydrogen) atoms. The molecule has 1 aromatic carbocycles. The summed E-state index contributed by atoms with van der Waals surface area (Å²) in [5.41, 5.74) is 1.72. The van der Waals surface area contributed by atoms with E-state index in [1.807, 2.05) is 49.6 Å². The number of carbonyl (C=O) groups excluding carboxylic acids is 2. The lowest BCUT2D eigenvalue weighted by molar-refractivity contribution is -0.152. The maximum atomic E-state index is 13.3. The first-order valence-electron chi connectivity index (χ1n) is 12.8. The van der Waals surface area contributed by atoms with Crippen molar-refractivity contribution >= 4 is 28.4 Å². The highest BCUT2D eigenvalue weighted by Crippen LogP contribution is 2.46. The van der Waals surface area contributed by atoms with E-state index in [2.05, 4.69) is 15.6 Å². The molecule has 7 nitrogen and oxygen atoms in total. The number of hydrogen-bond acceptors (Lipinski definition) is 8. The molecular formula is C29H30F3N3O4S. The van der Waals surface area contributed by atoms with Gasteiger partial charge in [-0.25, -0.2) is 9.78 Å². The summed E-state index contributed by atoms with van der Waals surface area (Å²) in [6, 6.07) is 13.1. The third-order valence-corrected chi connectivity index (χ3v) is 7.50. The minimum atomic E-state index is -4.17. The van der Waals surface area contributed by atoms with E-state index in [0.29, 0.717) is 22.0 Å². The van der Waals surface area contributed by atoms with E-state index in [0.717, 1.165) is 17.2 Å². The molecule has 0 saturated heterocycles. The van der Waals surface area contributed by atoms with Crippen LogP contribution in [0.2, 0.25) is 0 Å². The smallest absolute Gasteiger partial charge is 0.417 e. The largest absolute Gasteiger partial charge is 0.466 e. The van der Waals surface area contributed by atoms with Crippen LogP contribution in [0.1, 0.15) is 38.8 Å². The number of anilines is 1. The van der Waals surface area contributed by atoms with Crippen molar-refractivity contribution in [3.63, 3.8) is 0 Å². The molecule has 2 heterocycles. The summed E-state index contributed by atoms with van der Waals surface area (Å²) >= 11 is 1.40. The molecule has 2 N–H and O–H groups in total. The first-order chi connectivity index (χ1) is 19.0. The molecule has 2 aliphatic carbocycles. The second-order valence-corrected chi connectivity index (χ2v) is 10.3. The van der Waals surface area contributed by atoms with E-state index in [4.69, 9.17) is 9.47 Å². The molecule has 0 radical (unpaired) electrons. The highest BCUT2D eigenvalue weighted by atomic mass is 32.1. The zero-order chi connectivity index (χ0) is 29.1. The Kier molecular flexibility index (Phi) is 8.53. The summed E-state index contributed by atoms with van der Waals surface area (Å²) < 4.78 is 46.5. The maximum Gasteiger partial charge on any atom is 0.417 e. The van der Waals surface area contributed by atoms with Gasteiger partial charge in [-0.3, -0.25) is 4.79 Å². The van der Waals surface area contributed by atoms with Gasteiger partial charge in [0.05, 0.1) is 35.9 Å². The van der Waals surface area contributed by atoms with Gasteiger partial charge in [0.1, 0.15) is 5.92 Å². The molecule has 212 valence electrons. The summed E-state index contributed by atoms with van der Waals surface area (Å²) in [6.07, 6.45) is -2.50. The average Bonchev–Trinajstić information content (AvgIpc) is 3.25. The third-order valence-electron chi connectivity index (χ3n) is 6.79. The number of halogens is 3. The van der Waals surface area contributed by atoms with Gasteiger partial charge in [-0.05, 0) is 56.5 Å². The standard InChI is InChI=1S/C22H27N3O4S.C7H3F3/c1-5-28-19(26)16-14(3)25-22(4,15-10-8-7-9-11-15)17(20(27)29-6-2)18(16)24-21-23-12-13-30-21;8-7(9,10)6-2-1-4-3-5(4)6/h7-13,17-18,25H,5-6H2,1-4H3,(H,23,24);1-3H. The lowest BCUT2D eigenvalue weighted by Gasteiger charge is -2.47. The quantitative estimate of drug-likeness (QED) is 0.257. The van der Waals surface area contributed by atoms with Crippen molar-refractivity contribution in [2.45, 2.75) is 45.5 Å². The number of thiazole rings is 1. The van der Waals surface area contributed by atoms with Crippen molar-refractivity contribution in [3.8, 4) is 11.1 Å². The molecule has 5 rings (SSSR count). The predicted molar refractivity (Wildman–Crippen MR) is 146 cm³/mol. The van der Waals surface area contributed by atoms with Gasteiger partial charge in [0.25, 0.3) is 0 Å². The van der Waals surface area contributed by atoms with Gasteiger partial charge in [-0.2, -0.15) is 13.2 Å². The van der Waals surface area contributed by atoms with Gasteiger partial charge >= 0.3 is 18.1 Å². The molecule has 0 spiro atoms. The molecule has 0 fully saturated rings. The lowest BCUT2D eigenvalue weighted by Crippen LogP contribution is -2.60. The Balaban J connectivity index is 0.000000307. The number of carbonyl (C=O) groups is 2. The molecule has 11 heteroatoms. The number of hydrogen-bond donors (Lipinski definition) is 2. The van der Waals surface area contributed by atoms with E-state index in [-0.39, 0.29) is 13.2 Å². The molecule has 2 aromatic rings. The van der Waals surface area contributed by atoms with E-state index in [9.17, 15) is 22.8 Å². The number of ether oxygens (including phenoxy) is 2. The molecule has 3 aliphatic rings. The van der Waals surface area contributed by atoms with Gasteiger partial charge < -0.3 is 20.1 Å². The van der Waals surface area contributed by atoms with E-state index in [1.54, 1.807) is 20.0 Å². The van der Waals surface area contributed by atoms with E-state index < -0.39 is 41.2 Å². The fourth-order valence-corrected chi connectivity index (χ4v) is 5.55. The van der Waals surface area contributed by atoms with Crippen LogP contribution in [0.4, 0.5) is 18.3 Å². The number of allylic oxidation sites excluding steroid dienone is 1. The fourth-order valence-electron chi connectivity index (χ4n) is 4.98. The van der Waals surface area contributed by atoms with Gasteiger partial charge in [0.2, 0.25) is 0 Å². The highest BCUT2D eigenvalue weighted by Gasteiger charge is 2.53. The number of rotatable bonds is 7. The topological polar surface area (TPSA) is 89.5 Å². The first-order valence-corrected chi connectivity index (χ1v) is 13.6. The van der Waals surface area contributed by atoms with Crippen LogP contribution in [0, 0.1) is 5.92 Å². The van der Waals surface area contributed by atoms with Crippen LogP contribution >= 0.6 is 11.3 Å². The van der Waals surface area contributed by atoms with Crippen molar-refractivity contribution < 1.29 is 32.2 Å². The number of nitrogens with one attached hydrogen (secondary N) is 2. The predicted octanol–water partition coefficient (Wildman–Crippen LogP) is 6.14. The second kappa shape index (κ2) is 11.7. The minimum absolute atomic E-state index is 0.236. The number of benzene rings is 2. The van der Waals surface area contributed by atoms with Crippen LogP contribution in [0.3, 0.4) is 0 Å². The van der Waals surface area contributed by atoms with E-state index in [1.165, 1.54) is 23.5 Å². The van der Waals surface area contributed by atoms with Crippen molar-refractivity contribution in [1.29, 1.82) is 0 Å². The molecule has 0 bridgehead atoms. The Labute approximate surface area is 234 Å². The van der Waals surface area contributed by atoms with Crippen molar-refractivity contribution in [2.24, 2.45) is 5.92 Å². The Hall–Kier alpha value is -3.86. The van der Waals surface area contributed by atoms with Crippen LogP contribution in [-0.4, -0.2) is 36.2 Å². The Morgan fingerprint density at radius 1 is 1.10 bits per heavy atom. The van der Waals surface area contributed by atoms with Crippen LogP contribution in [0.25, 0.3) is 11.1 Å². The molecule has 3 atom stereocenters. The molecule has 1 aromatic heterocycles. The Morgan fingerprint density at radius 3 is 2.30 bits per heavy atom. The third kappa shape index (κ3) is 5.99. The van der Waals surface area contributed by atoms with Crippen LogP contribution in [0.15, 0.2) is 71.4 Å². The SMILES string of the molecule is CCOC(=O)C1=C(C)NC(C)(c2ccccc2)C(C(=O)OCC)C1Nc1nccs1.FC(F)(F)c1ccc2cc1-2. The molecule has 3 unspecified atom stereocenters. The maximum absolute atomic E-state index is 13.3. The summed E-state index contributed by atoms with van der Waals surface area (Å²) in [7, 11) is 0. The van der Waals surface area contributed by atoms with Crippen LogP contribution < -0.4 is 10.6 Å². The number of alkyl halides is 3. The average molecular weight is 574 g/mol. The minimum Gasteiger partial charge on any atom is -0.466 e. The van der Waals surface area contributed by atoms with Crippen molar-refractivity contribution in [1.82, 2.24) is 10.3 Å². The van der Waals surface area contributed by atoms with Crippen LogP contribution in [0.5, 0.6) is 0 Å². The zero-order valence-corrected chi connectivity index (χ0v) is 23.3. The summed E-state index contributed by atoms with van der Waals surface area (Å²) in [6.45, 7) is 7.77. The fraction of sp³-hybridized carbons (Fsp3) is 0.345. The lowest BCUT2D eigenvalue weighted by atomic mass is 9.70. The second-order valence-electron chi connectivity index (χ2n) is 9.40. The number of nitrogens with zero attached hydrogens (tertiary/aromatic N) is 1. The summed E-state index contributed by atoms with van der Waals surface area (Å²) in [5.74, 6) is -1.62. The van der Waals surface area contributed by atoms with Crippen molar-refractivity contribution in [2.75, 3.05) is 18.5 Å². The number of esters is 2. The van der Waals surface area contributed by atoms with Gasteiger partial charge in [-0.15, -0.1) is 11.3 Å². The monoisotopic (exact) mass is 573 g/mol. The van der Waals surface area contributed by atoms with Crippen LogP contribution in [-0.2, 0) is 30.8 Å². The molecule has 0 amide bonds. The van der Waals surface area contributed by atoms with Gasteiger partial charge in [0, 0.05) is 17.3 Å². The zero-order valence-electron chi connectivity index (χ0n) is 22.5. The Morgan fingerprint density at radius 2 is 1.80 bits per heavy atom. The number of aromatic nitrogens is 1. The highest BCUT2D eigenvalue weighted by molar-refractivity contribution is 7.13. The van der Waals surface area contributed by atoms with E-state index >= 15 is 0 Å². The molecule has 1 aliphatic heterocycles. The summed E-state index contributed by atoms with van der Waals surface area (Å²) in [4.78, 5) is 30.5. The van der Waals surface area contributed by atoms with Gasteiger partial charge in [0.15, 0.2) is 5.13 Å². The normalized spacial score (nSPS) is 21.0. The molecule has 0 saturated carbocycles. The summed E-state index contributed by atoms with van der Waals surface area (Å²) in [5, 5.41) is 9.17. The first kappa shape index (κ1) is 29.1. The Bertz CT molecular complexity index is 1390.